The van der Waals surface area contributed by atoms with Crippen molar-refractivity contribution in [1.29, 1.82) is 0 Å². The summed E-state index contributed by atoms with van der Waals surface area (Å²) in [5.74, 6) is 0.385. The summed E-state index contributed by atoms with van der Waals surface area (Å²) in [7, 11) is 0. The molecular formula is C19H18BrF3N4O2. The molecule has 0 radical (unpaired) electrons. The summed E-state index contributed by atoms with van der Waals surface area (Å²) >= 11 is 3.30. The third-order valence-electron chi connectivity index (χ3n) is 4.35. The first kappa shape index (κ1) is 21.3. The van der Waals surface area contributed by atoms with Gasteiger partial charge in [0.1, 0.15) is 17.0 Å². The fourth-order valence-corrected chi connectivity index (χ4v) is 3.34. The minimum Gasteiger partial charge on any atom is -0.461 e. The molecule has 3 rings (SSSR count). The molecule has 29 heavy (non-hydrogen) atoms. The molecule has 0 spiro atoms. The van der Waals surface area contributed by atoms with Crippen LogP contribution in [-0.4, -0.2) is 33.3 Å². The smallest absolute Gasteiger partial charge is 0.416 e. The number of hydrogen-bond donors (Lipinski definition) is 2. The Hall–Kier alpha value is -2.46. The average molecular weight is 471 g/mol. The van der Waals surface area contributed by atoms with Gasteiger partial charge < -0.3 is 15.2 Å². The van der Waals surface area contributed by atoms with Gasteiger partial charge >= 0.3 is 12.2 Å². The summed E-state index contributed by atoms with van der Waals surface area (Å²) in [6.07, 6.45) is -2.90. The molecular weight excluding hydrogens is 453 g/mol. The van der Waals surface area contributed by atoms with E-state index in [1.54, 1.807) is 19.1 Å². The summed E-state index contributed by atoms with van der Waals surface area (Å²) < 4.78 is 45.6. The summed E-state index contributed by atoms with van der Waals surface area (Å²) in [6.45, 7) is 3.01. The monoisotopic (exact) mass is 470 g/mol. The van der Waals surface area contributed by atoms with Crippen LogP contribution < -0.4 is 10.1 Å². The van der Waals surface area contributed by atoms with E-state index >= 15 is 0 Å². The van der Waals surface area contributed by atoms with E-state index in [1.807, 2.05) is 0 Å². The van der Waals surface area contributed by atoms with Crippen molar-refractivity contribution in [3.05, 3.63) is 51.8 Å². The van der Waals surface area contributed by atoms with Crippen LogP contribution in [0.5, 0.6) is 6.01 Å². The fraction of sp³-hybridized carbons (Fsp3) is 0.316. The highest BCUT2D eigenvalue weighted by Crippen LogP contribution is 2.35. The Morgan fingerprint density at radius 2 is 2.03 bits per heavy atom. The highest BCUT2D eigenvalue weighted by atomic mass is 79.9. The SMILES string of the molecule is Cc1c(C(C)Nc2nc(OCCO)nc3cnc(Br)cc23)cccc1C(F)(F)F. The molecule has 2 heterocycles. The number of fused-ring (bicyclic) bond motifs is 1. The number of alkyl halides is 3. The highest BCUT2D eigenvalue weighted by molar-refractivity contribution is 9.10. The maximum atomic E-state index is 13.3. The molecule has 2 N–H and O–H groups in total. The zero-order valence-corrected chi connectivity index (χ0v) is 17.2. The van der Waals surface area contributed by atoms with Crippen LogP contribution in [0.4, 0.5) is 19.0 Å². The quantitative estimate of drug-likeness (QED) is 0.510. The largest absolute Gasteiger partial charge is 0.461 e. The lowest BCUT2D eigenvalue weighted by atomic mass is 9.97. The number of aliphatic hydroxyl groups excluding tert-OH is 1. The lowest BCUT2D eigenvalue weighted by molar-refractivity contribution is -0.138. The van der Waals surface area contributed by atoms with Crippen LogP contribution in [0.15, 0.2) is 35.1 Å². The van der Waals surface area contributed by atoms with Gasteiger partial charge in [0.15, 0.2) is 0 Å². The molecule has 0 aliphatic rings. The van der Waals surface area contributed by atoms with Gasteiger partial charge in [-0.3, -0.25) is 0 Å². The molecule has 1 unspecified atom stereocenters. The van der Waals surface area contributed by atoms with E-state index in [4.69, 9.17) is 9.84 Å². The van der Waals surface area contributed by atoms with Crippen LogP contribution in [0.2, 0.25) is 0 Å². The number of anilines is 1. The van der Waals surface area contributed by atoms with Crippen molar-refractivity contribution < 1.29 is 23.0 Å². The molecule has 0 bridgehead atoms. The topological polar surface area (TPSA) is 80.2 Å². The second-order valence-electron chi connectivity index (χ2n) is 6.33. The number of pyridine rings is 1. The van der Waals surface area contributed by atoms with E-state index < -0.39 is 17.8 Å². The second-order valence-corrected chi connectivity index (χ2v) is 7.15. The first-order chi connectivity index (χ1) is 13.7. The van der Waals surface area contributed by atoms with Crippen molar-refractivity contribution in [1.82, 2.24) is 15.0 Å². The highest BCUT2D eigenvalue weighted by Gasteiger charge is 2.33. The number of aliphatic hydroxyl groups is 1. The Balaban J connectivity index is 2.02. The standard InChI is InChI=1S/C19H18BrF3N4O2/c1-10-12(4-3-5-14(10)19(21,22)23)11(2)25-17-13-8-16(20)24-9-15(13)26-18(27-17)29-7-6-28/h3-5,8-9,11,28H,6-7H2,1-2H3,(H,25,26,27). The zero-order valence-electron chi connectivity index (χ0n) is 15.6. The maximum Gasteiger partial charge on any atom is 0.416 e. The van der Waals surface area contributed by atoms with Crippen LogP contribution in [-0.2, 0) is 6.18 Å². The predicted octanol–water partition coefficient (Wildman–Crippen LogP) is 4.66. The molecule has 154 valence electrons. The van der Waals surface area contributed by atoms with E-state index in [0.717, 1.165) is 6.07 Å². The Kier molecular flexibility index (Phi) is 6.23. The summed E-state index contributed by atoms with van der Waals surface area (Å²) in [5, 5.41) is 12.7. The van der Waals surface area contributed by atoms with E-state index in [2.05, 4.69) is 36.2 Å². The molecule has 0 amide bonds. The van der Waals surface area contributed by atoms with E-state index in [9.17, 15) is 13.2 Å². The van der Waals surface area contributed by atoms with Crippen LogP contribution in [0.3, 0.4) is 0 Å². The number of nitrogens with one attached hydrogen (secondary N) is 1. The summed E-state index contributed by atoms with van der Waals surface area (Å²) in [6, 6.07) is 5.36. The Morgan fingerprint density at radius 3 is 2.72 bits per heavy atom. The van der Waals surface area contributed by atoms with E-state index in [-0.39, 0.29) is 24.8 Å². The average Bonchev–Trinajstić information content (AvgIpc) is 2.66. The van der Waals surface area contributed by atoms with Crippen LogP contribution >= 0.6 is 15.9 Å². The lowest BCUT2D eigenvalue weighted by Crippen LogP contribution is -2.15. The number of halogens is 4. The van der Waals surface area contributed by atoms with Gasteiger partial charge in [-0.05, 0) is 53.0 Å². The van der Waals surface area contributed by atoms with E-state index in [0.29, 0.717) is 26.9 Å². The summed E-state index contributed by atoms with van der Waals surface area (Å²) in [5.41, 5.74) is 0.470. The van der Waals surface area contributed by atoms with Crippen LogP contribution in [0.25, 0.3) is 10.9 Å². The van der Waals surface area contributed by atoms with Gasteiger partial charge in [0.25, 0.3) is 0 Å². The molecule has 0 saturated heterocycles. The van der Waals surface area contributed by atoms with Crippen molar-refractivity contribution in [2.75, 3.05) is 18.5 Å². The lowest BCUT2D eigenvalue weighted by Gasteiger charge is -2.21. The van der Waals surface area contributed by atoms with Gasteiger partial charge in [0, 0.05) is 5.39 Å². The van der Waals surface area contributed by atoms with Gasteiger partial charge in [-0.2, -0.15) is 23.1 Å². The zero-order chi connectivity index (χ0) is 21.2. The van der Waals surface area contributed by atoms with Gasteiger partial charge in [-0.1, -0.05) is 12.1 Å². The van der Waals surface area contributed by atoms with Gasteiger partial charge in [-0.25, -0.2) is 4.98 Å². The molecule has 2 aromatic heterocycles. The van der Waals surface area contributed by atoms with Crippen molar-refractivity contribution in [2.24, 2.45) is 0 Å². The predicted molar refractivity (Wildman–Crippen MR) is 106 cm³/mol. The second kappa shape index (κ2) is 8.50. The first-order valence-electron chi connectivity index (χ1n) is 8.71. The maximum absolute atomic E-state index is 13.3. The molecule has 0 saturated carbocycles. The van der Waals surface area contributed by atoms with Crippen molar-refractivity contribution in [2.45, 2.75) is 26.1 Å². The van der Waals surface area contributed by atoms with Gasteiger partial charge in [0.2, 0.25) is 0 Å². The molecule has 1 atom stereocenters. The number of aromatic nitrogens is 3. The third kappa shape index (κ3) is 4.76. The molecule has 0 fully saturated rings. The van der Waals surface area contributed by atoms with Crippen molar-refractivity contribution in [3.8, 4) is 6.01 Å². The number of nitrogens with zero attached hydrogens (tertiary/aromatic N) is 3. The minimum atomic E-state index is -4.43. The number of ether oxygens (including phenoxy) is 1. The third-order valence-corrected chi connectivity index (χ3v) is 4.79. The molecule has 3 aromatic rings. The first-order valence-corrected chi connectivity index (χ1v) is 9.50. The van der Waals surface area contributed by atoms with Gasteiger partial charge in [0.05, 0.1) is 29.9 Å². The Bertz CT molecular complexity index is 1030. The molecule has 10 heteroatoms. The molecule has 0 aliphatic heterocycles. The minimum absolute atomic E-state index is 0.0111. The van der Waals surface area contributed by atoms with Gasteiger partial charge in [-0.15, -0.1) is 0 Å². The molecule has 1 aromatic carbocycles. The molecule has 6 nitrogen and oxygen atoms in total. The normalized spacial score (nSPS) is 12.8. The number of hydrogen-bond acceptors (Lipinski definition) is 6. The molecule has 0 aliphatic carbocycles. The fourth-order valence-electron chi connectivity index (χ4n) is 3.01. The summed E-state index contributed by atoms with van der Waals surface area (Å²) in [4.78, 5) is 12.7. The number of rotatable bonds is 6. The number of benzene rings is 1. The van der Waals surface area contributed by atoms with Crippen molar-refractivity contribution in [3.63, 3.8) is 0 Å². The Morgan fingerprint density at radius 1 is 1.28 bits per heavy atom. The Labute approximate surface area is 173 Å². The van der Waals surface area contributed by atoms with Crippen LogP contribution in [0.1, 0.15) is 29.7 Å². The van der Waals surface area contributed by atoms with Crippen LogP contribution in [0, 0.1) is 6.92 Å². The van der Waals surface area contributed by atoms with Crippen molar-refractivity contribution >= 4 is 32.7 Å². The van der Waals surface area contributed by atoms with E-state index in [1.165, 1.54) is 19.2 Å².